The first-order valence-corrected chi connectivity index (χ1v) is 11.8. The zero-order valence-electron chi connectivity index (χ0n) is 17.9. The Bertz CT molecular complexity index is 880. The number of amides is 2. The van der Waals surface area contributed by atoms with Crippen LogP contribution < -0.4 is 5.32 Å². The number of rotatable bonds is 4. The van der Waals surface area contributed by atoms with Gasteiger partial charge < -0.3 is 15.1 Å². The lowest BCUT2D eigenvalue weighted by molar-refractivity contribution is -0.121. The Hall–Kier alpha value is -2.18. The molecule has 160 valence electrons. The molecule has 0 radical (unpaired) electrons. The summed E-state index contributed by atoms with van der Waals surface area (Å²) >= 11 is 1.52. The van der Waals surface area contributed by atoms with Crippen LogP contribution in [0, 0.1) is 19.8 Å². The van der Waals surface area contributed by atoms with Gasteiger partial charge in [-0.1, -0.05) is 12.1 Å². The van der Waals surface area contributed by atoms with Crippen molar-refractivity contribution < 1.29 is 9.59 Å². The van der Waals surface area contributed by atoms with Crippen LogP contribution in [0.25, 0.3) is 0 Å². The molecule has 30 heavy (non-hydrogen) atoms. The fraction of sp³-hybridized carbons (Fsp3) is 0.500. The van der Waals surface area contributed by atoms with E-state index in [4.69, 9.17) is 0 Å². The summed E-state index contributed by atoms with van der Waals surface area (Å²) in [5.41, 5.74) is 3.34. The van der Waals surface area contributed by atoms with Crippen molar-refractivity contribution in [2.75, 3.05) is 31.5 Å². The highest BCUT2D eigenvalue weighted by atomic mass is 32.1. The third kappa shape index (κ3) is 4.76. The molecule has 4 rings (SSSR count). The summed E-state index contributed by atoms with van der Waals surface area (Å²) in [6, 6.07) is 10.5. The highest BCUT2D eigenvalue weighted by Gasteiger charge is 2.32. The lowest BCUT2D eigenvalue weighted by Crippen LogP contribution is -2.49. The molecule has 0 spiro atoms. The number of piperidine rings is 2. The first kappa shape index (κ1) is 21.1. The number of aryl methyl sites for hydroxylation is 2. The number of carbonyl (C=O) groups is 2. The predicted octanol–water partition coefficient (Wildman–Crippen LogP) is 4.32. The Balaban J connectivity index is 1.23. The second-order valence-corrected chi connectivity index (χ2v) is 9.55. The number of anilines is 1. The Morgan fingerprint density at radius 2 is 1.70 bits per heavy atom. The van der Waals surface area contributed by atoms with Gasteiger partial charge in [0, 0.05) is 30.7 Å². The lowest BCUT2D eigenvalue weighted by Gasteiger charge is -2.41. The summed E-state index contributed by atoms with van der Waals surface area (Å²) in [4.78, 5) is 30.6. The van der Waals surface area contributed by atoms with E-state index < -0.39 is 0 Å². The molecule has 5 nitrogen and oxygen atoms in total. The fourth-order valence-electron chi connectivity index (χ4n) is 4.58. The van der Waals surface area contributed by atoms with Crippen molar-refractivity contribution in [2.24, 2.45) is 5.92 Å². The van der Waals surface area contributed by atoms with Gasteiger partial charge in [-0.25, -0.2) is 0 Å². The minimum atomic E-state index is 0.0864. The molecule has 0 saturated carbocycles. The largest absolute Gasteiger partial charge is 0.338 e. The van der Waals surface area contributed by atoms with E-state index in [1.54, 1.807) is 0 Å². The number of carbonyl (C=O) groups excluding carboxylic acids is 2. The first-order chi connectivity index (χ1) is 14.5. The monoisotopic (exact) mass is 425 g/mol. The van der Waals surface area contributed by atoms with Crippen LogP contribution in [0.4, 0.5) is 5.69 Å². The summed E-state index contributed by atoms with van der Waals surface area (Å²) in [5, 5.41) is 5.06. The van der Waals surface area contributed by atoms with Gasteiger partial charge in [-0.05, 0) is 87.3 Å². The third-order valence-electron chi connectivity index (χ3n) is 6.67. The number of hydrogen-bond donors (Lipinski definition) is 1. The van der Waals surface area contributed by atoms with Crippen molar-refractivity contribution in [1.82, 2.24) is 9.80 Å². The maximum Gasteiger partial charge on any atom is 0.263 e. The smallest absolute Gasteiger partial charge is 0.263 e. The minimum absolute atomic E-state index is 0.0864. The normalized spacial score (nSPS) is 19.1. The van der Waals surface area contributed by atoms with Gasteiger partial charge >= 0.3 is 0 Å². The van der Waals surface area contributed by atoms with E-state index >= 15 is 0 Å². The van der Waals surface area contributed by atoms with Crippen LogP contribution in [-0.4, -0.2) is 53.8 Å². The third-order valence-corrected chi connectivity index (χ3v) is 7.53. The summed E-state index contributed by atoms with van der Waals surface area (Å²) in [7, 11) is 0. The van der Waals surface area contributed by atoms with E-state index in [-0.39, 0.29) is 17.7 Å². The van der Waals surface area contributed by atoms with Crippen LogP contribution in [0.3, 0.4) is 0 Å². The number of thiophene rings is 1. The molecule has 0 unspecified atom stereocenters. The molecule has 1 N–H and O–H groups in total. The average molecular weight is 426 g/mol. The summed E-state index contributed by atoms with van der Waals surface area (Å²) in [6.07, 6.45) is 3.86. The SMILES string of the molecule is Cc1ccc(NC(=O)C2CCN(C3CCN(C(=O)c4cccs4)CC3)CC2)cc1C. The van der Waals surface area contributed by atoms with Gasteiger partial charge in [0.15, 0.2) is 0 Å². The van der Waals surface area contributed by atoms with Crippen LogP contribution in [0.1, 0.15) is 46.5 Å². The van der Waals surface area contributed by atoms with Gasteiger partial charge in [0.1, 0.15) is 0 Å². The zero-order valence-corrected chi connectivity index (χ0v) is 18.7. The van der Waals surface area contributed by atoms with E-state index in [9.17, 15) is 9.59 Å². The Morgan fingerprint density at radius 3 is 2.33 bits per heavy atom. The number of likely N-dealkylation sites (tertiary alicyclic amines) is 2. The van der Waals surface area contributed by atoms with Gasteiger partial charge in [-0.15, -0.1) is 11.3 Å². The van der Waals surface area contributed by atoms with E-state index in [2.05, 4.69) is 30.1 Å². The molecule has 2 amide bonds. The van der Waals surface area contributed by atoms with Gasteiger partial charge in [-0.3, -0.25) is 9.59 Å². The van der Waals surface area contributed by atoms with Crippen LogP contribution in [0.2, 0.25) is 0 Å². The minimum Gasteiger partial charge on any atom is -0.338 e. The number of hydrogen-bond acceptors (Lipinski definition) is 4. The standard InChI is InChI=1S/C24H31N3O2S/c1-17-5-6-20(16-18(17)2)25-23(28)19-7-11-26(12-8-19)21-9-13-27(14-10-21)24(29)22-4-3-15-30-22/h3-6,15-16,19,21H,7-14H2,1-2H3,(H,25,28). The van der Waals surface area contributed by atoms with Gasteiger partial charge in [0.05, 0.1) is 4.88 Å². The van der Waals surface area contributed by atoms with Crippen LogP contribution in [0.15, 0.2) is 35.7 Å². The molecule has 0 aliphatic carbocycles. The Kier molecular flexibility index (Phi) is 6.54. The topological polar surface area (TPSA) is 52.7 Å². The number of nitrogens with one attached hydrogen (secondary N) is 1. The second-order valence-electron chi connectivity index (χ2n) is 8.60. The van der Waals surface area contributed by atoms with Crippen molar-refractivity contribution in [1.29, 1.82) is 0 Å². The summed E-state index contributed by atoms with van der Waals surface area (Å²) < 4.78 is 0. The highest BCUT2D eigenvalue weighted by molar-refractivity contribution is 7.12. The van der Waals surface area contributed by atoms with Crippen molar-refractivity contribution in [3.8, 4) is 0 Å². The molecule has 2 aliphatic rings. The Morgan fingerprint density at radius 1 is 0.967 bits per heavy atom. The Labute approximate surface area is 183 Å². The van der Waals surface area contributed by atoms with Crippen molar-refractivity contribution >= 4 is 28.8 Å². The second kappa shape index (κ2) is 9.31. The van der Waals surface area contributed by atoms with Crippen LogP contribution in [0.5, 0.6) is 0 Å². The first-order valence-electron chi connectivity index (χ1n) is 11.0. The molecule has 3 heterocycles. The van der Waals surface area contributed by atoms with Crippen LogP contribution in [-0.2, 0) is 4.79 Å². The molecule has 1 aromatic heterocycles. The maximum absolute atomic E-state index is 12.7. The number of benzene rings is 1. The molecular weight excluding hydrogens is 394 g/mol. The quantitative estimate of drug-likeness (QED) is 0.794. The molecule has 2 aliphatic heterocycles. The molecule has 2 aromatic rings. The lowest BCUT2D eigenvalue weighted by atomic mass is 9.92. The van der Waals surface area contributed by atoms with Gasteiger partial charge in [-0.2, -0.15) is 0 Å². The molecule has 2 saturated heterocycles. The maximum atomic E-state index is 12.7. The summed E-state index contributed by atoms with van der Waals surface area (Å²) in [5.74, 6) is 0.405. The zero-order chi connectivity index (χ0) is 21.1. The van der Waals surface area contributed by atoms with Gasteiger partial charge in [0.25, 0.3) is 5.91 Å². The van der Waals surface area contributed by atoms with E-state index in [1.165, 1.54) is 22.5 Å². The molecular formula is C24H31N3O2S. The summed E-state index contributed by atoms with van der Waals surface area (Å²) in [6.45, 7) is 7.74. The highest BCUT2D eigenvalue weighted by Crippen LogP contribution is 2.26. The van der Waals surface area contributed by atoms with Crippen molar-refractivity contribution in [3.63, 3.8) is 0 Å². The van der Waals surface area contributed by atoms with E-state index in [0.29, 0.717) is 6.04 Å². The van der Waals surface area contributed by atoms with Gasteiger partial charge in [0.2, 0.25) is 5.91 Å². The molecule has 1 aromatic carbocycles. The molecule has 0 atom stereocenters. The number of nitrogens with zero attached hydrogens (tertiary/aromatic N) is 2. The molecule has 2 fully saturated rings. The predicted molar refractivity (Wildman–Crippen MR) is 122 cm³/mol. The van der Waals surface area contributed by atoms with Crippen molar-refractivity contribution in [2.45, 2.75) is 45.6 Å². The van der Waals surface area contributed by atoms with E-state index in [1.807, 2.05) is 34.5 Å². The van der Waals surface area contributed by atoms with E-state index in [0.717, 1.165) is 62.4 Å². The van der Waals surface area contributed by atoms with Crippen molar-refractivity contribution in [3.05, 3.63) is 51.7 Å². The molecule has 6 heteroatoms. The molecule has 0 bridgehead atoms. The van der Waals surface area contributed by atoms with Crippen LogP contribution >= 0.6 is 11.3 Å². The average Bonchev–Trinajstić information content (AvgIpc) is 3.31. The fourth-order valence-corrected chi connectivity index (χ4v) is 5.27.